The van der Waals surface area contributed by atoms with Crippen molar-refractivity contribution >= 4 is 5.97 Å². The largest absolute Gasteiger partial charge is 0.468 e. The molecule has 1 aliphatic heterocycles. The smallest absolute Gasteiger partial charge is 0.323 e. The molecule has 0 radical (unpaired) electrons. The van der Waals surface area contributed by atoms with Crippen LogP contribution in [0.25, 0.3) is 0 Å². The molecule has 2 rings (SSSR count). The van der Waals surface area contributed by atoms with Crippen LogP contribution in [0, 0.1) is 0 Å². The number of hydrogen-bond donors (Lipinski definition) is 0. The highest BCUT2D eigenvalue weighted by Gasteiger charge is 2.29. The van der Waals surface area contributed by atoms with Gasteiger partial charge in [0.25, 0.3) is 0 Å². The Morgan fingerprint density at radius 1 is 1.59 bits per heavy atom. The lowest BCUT2D eigenvalue weighted by Crippen LogP contribution is -2.44. The lowest BCUT2D eigenvalue weighted by molar-refractivity contribution is -0.148. The molecule has 1 unspecified atom stereocenters. The van der Waals surface area contributed by atoms with Crippen LogP contribution in [0.2, 0.25) is 0 Å². The van der Waals surface area contributed by atoms with Crippen LogP contribution in [0.3, 0.4) is 0 Å². The molecule has 0 saturated carbocycles. The number of ether oxygens (including phenoxy) is 1. The van der Waals surface area contributed by atoms with Crippen molar-refractivity contribution in [3.63, 3.8) is 0 Å². The van der Waals surface area contributed by atoms with E-state index in [0.29, 0.717) is 0 Å². The lowest BCUT2D eigenvalue weighted by atomic mass is 10.0. The number of methoxy groups -OCH3 is 1. The molecular formula is C12H19N3O2. The molecule has 1 aromatic rings. The van der Waals surface area contributed by atoms with Crippen LogP contribution in [0.4, 0.5) is 0 Å². The highest BCUT2D eigenvalue weighted by atomic mass is 16.5. The first-order valence-corrected chi connectivity index (χ1v) is 6.01. The maximum Gasteiger partial charge on any atom is 0.323 e. The van der Waals surface area contributed by atoms with Gasteiger partial charge in [0.2, 0.25) is 0 Å². The molecule has 1 aliphatic rings. The number of rotatable bonds is 3. The third-order valence-corrected chi connectivity index (χ3v) is 3.22. The Balaban J connectivity index is 2.03. The number of likely N-dealkylation sites (tertiary alicyclic amines) is 1. The van der Waals surface area contributed by atoms with Crippen LogP contribution in [0.15, 0.2) is 12.3 Å². The Bertz CT molecular complexity index is 389. The fraction of sp³-hybridized carbons (Fsp3) is 0.667. The number of nitrogens with zero attached hydrogens (tertiary/aromatic N) is 3. The first kappa shape index (κ1) is 12.1. The number of aryl methyl sites for hydroxylation is 1. The van der Waals surface area contributed by atoms with Gasteiger partial charge in [-0.25, -0.2) is 0 Å². The number of carbonyl (C=O) groups is 1. The minimum absolute atomic E-state index is 0.101. The van der Waals surface area contributed by atoms with E-state index in [1.807, 2.05) is 19.3 Å². The van der Waals surface area contributed by atoms with Crippen molar-refractivity contribution in [1.82, 2.24) is 14.7 Å². The lowest BCUT2D eigenvalue weighted by Gasteiger charge is -2.33. The SMILES string of the molecule is COC(=O)C1CCCCN1Cc1ccn(C)n1. The van der Waals surface area contributed by atoms with Crippen molar-refractivity contribution in [1.29, 1.82) is 0 Å². The summed E-state index contributed by atoms with van der Waals surface area (Å²) in [5.74, 6) is -0.124. The van der Waals surface area contributed by atoms with E-state index in [-0.39, 0.29) is 12.0 Å². The maximum absolute atomic E-state index is 11.7. The van der Waals surface area contributed by atoms with Crippen molar-refractivity contribution < 1.29 is 9.53 Å². The Hall–Kier alpha value is -1.36. The molecule has 94 valence electrons. The molecule has 0 N–H and O–H groups in total. The molecule has 1 atom stereocenters. The summed E-state index contributed by atoms with van der Waals surface area (Å²) >= 11 is 0. The average Bonchev–Trinajstić information content (AvgIpc) is 2.74. The number of hydrogen-bond acceptors (Lipinski definition) is 4. The predicted octanol–water partition coefficient (Wildman–Crippen LogP) is 0.948. The van der Waals surface area contributed by atoms with Gasteiger partial charge in [0.1, 0.15) is 6.04 Å². The second kappa shape index (κ2) is 5.31. The fourth-order valence-corrected chi connectivity index (χ4v) is 2.34. The van der Waals surface area contributed by atoms with Crippen molar-refractivity contribution in [3.8, 4) is 0 Å². The number of piperidine rings is 1. The molecular weight excluding hydrogens is 218 g/mol. The van der Waals surface area contributed by atoms with E-state index >= 15 is 0 Å². The fourth-order valence-electron chi connectivity index (χ4n) is 2.34. The predicted molar refractivity (Wildman–Crippen MR) is 63.3 cm³/mol. The van der Waals surface area contributed by atoms with Gasteiger partial charge in [0.05, 0.1) is 12.8 Å². The molecule has 17 heavy (non-hydrogen) atoms. The summed E-state index contributed by atoms with van der Waals surface area (Å²) < 4.78 is 6.64. The Labute approximate surface area is 101 Å². The maximum atomic E-state index is 11.7. The molecule has 0 spiro atoms. The van der Waals surface area contributed by atoms with Gasteiger partial charge in [-0.15, -0.1) is 0 Å². The third-order valence-electron chi connectivity index (χ3n) is 3.22. The van der Waals surface area contributed by atoms with Gasteiger partial charge < -0.3 is 4.74 Å². The molecule has 5 heteroatoms. The van der Waals surface area contributed by atoms with E-state index < -0.39 is 0 Å². The summed E-state index contributed by atoms with van der Waals surface area (Å²) in [5.41, 5.74) is 1.00. The first-order chi connectivity index (χ1) is 8.20. The van der Waals surface area contributed by atoms with Crippen molar-refractivity contribution in [2.45, 2.75) is 31.8 Å². The molecule has 5 nitrogen and oxygen atoms in total. The molecule has 0 aliphatic carbocycles. The first-order valence-electron chi connectivity index (χ1n) is 6.01. The Kier molecular flexibility index (Phi) is 3.78. The van der Waals surface area contributed by atoms with Gasteiger partial charge in [-0.05, 0) is 25.5 Å². The number of esters is 1. The van der Waals surface area contributed by atoms with Crippen LogP contribution < -0.4 is 0 Å². The number of aromatic nitrogens is 2. The van der Waals surface area contributed by atoms with Crippen LogP contribution in [-0.2, 0) is 23.1 Å². The topological polar surface area (TPSA) is 47.4 Å². The van der Waals surface area contributed by atoms with E-state index in [1.54, 1.807) is 4.68 Å². The Morgan fingerprint density at radius 3 is 3.06 bits per heavy atom. The highest BCUT2D eigenvalue weighted by Crippen LogP contribution is 2.19. The van der Waals surface area contributed by atoms with Gasteiger partial charge in [0, 0.05) is 19.8 Å². The summed E-state index contributed by atoms with van der Waals surface area (Å²) in [6, 6.07) is 1.89. The Morgan fingerprint density at radius 2 is 2.41 bits per heavy atom. The van der Waals surface area contributed by atoms with E-state index in [0.717, 1.165) is 38.0 Å². The zero-order valence-electron chi connectivity index (χ0n) is 10.4. The minimum Gasteiger partial charge on any atom is -0.468 e. The second-order valence-corrected chi connectivity index (χ2v) is 4.49. The van der Waals surface area contributed by atoms with E-state index in [4.69, 9.17) is 4.74 Å². The molecule has 0 bridgehead atoms. The number of carbonyl (C=O) groups excluding carboxylic acids is 1. The van der Waals surface area contributed by atoms with E-state index in [2.05, 4.69) is 10.00 Å². The van der Waals surface area contributed by atoms with Gasteiger partial charge >= 0.3 is 5.97 Å². The monoisotopic (exact) mass is 237 g/mol. The van der Waals surface area contributed by atoms with Crippen molar-refractivity contribution in [2.24, 2.45) is 7.05 Å². The van der Waals surface area contributed by atoms with Crippen LogP contribution in [0.5, 0.6) is 0 Å². The molecule has 1 fully saturated rings. The molecule has 1 aromatic heterocycles. The quantitative estimate of drug-likeness (QED) is 0.734. The van der Waals surface area contributed by atoms with Crippen LogP contribution in [0.1, 0.15) is 25.0 Å². The van der Waals surface area contributed by atoms with Gasteiger partial charge in [-0.3, -0.25) is 14.4 Å². The molecule has 1 saturated heterocycles. The zero-order valence-corrected chi connectivity index (χ0v) is 10.4. The van der Waals surface area contributed by atoms with E-state index in [1.165, 1.54) is 7.11 Å². The normalized spacial score (nSPS) is 21.4. The van der Waals surface area contributed by atoms with E-state index in [9.17, 15) is 4.79 Å². The third kappa shape index (κ3) is 2.85. The van der Waals surface area contributed by atoms with Crippen LogP contribution >= 0.6 is 0 Å². The minimum atomic E-state index is -0.124. The molecule has 2 heterocycles. The standard InChI is InChI=1S/C12H19N3O2/c1-14-8-6-10(13-14)9-15-7-4-3-5-11(15)12(16)17-2/h6,8,11H,3-5,7,9H2,1-2H3. The van der Waals surface area contributed by atoms with Gasteiger partial charge in [0.15, 0.2) is 0 Å². The van der Waals surface area contributed by atoms with Crippen molar-refractivity contribution in [3.05, 3.63) is 18.0 Å². The summed E-state index contributed by atoms with van der Waals surface area (Å²) in [6.07, 6.45) is 5.05. The summed E-state index contributed by atoms with van der Waals surface area (Å²) in [5, 5.41) is 4.35. The van der Waals surface area contributed by atoms with Gasteiger partial charge in [-0.1, -0.05) is 6.42 Å². The highest BCUT2D eigenvalue weighted by molar-refractivity contribution is 5.75. The van der Waals surface area contributed by atoms with Crippen LogP contribution in [-0.4, -0.2) is 40.3 Å². The molecule has 0 aromatic carbocycles. The summed E-state index contributed by atoms with van der Waals surface area (Å²) in [7, 11) is 3.35. The second-order valence-electron chi connectivity index (χ2n) is 4.49. The van der Waals surface area contributed by atoms with Gasteiger partial charge in [-0.2, -0.15) is 5.10 Å². The summed E-state index contributed by atoms with van der Waals surface area (Å²) in [6.45, 7) is 1.66. The zero-order chi connectivity index (χ0) is 12.3. The molecule has 0 amide bonds. The van der Waals surface area contributed by atoms with Crippen molar-refractivity contribution in [2.75, 3.05) is 13.7 Å². The summed E-state index contributed by atoms with van der Waals surface area (Å²) in [4.78, 5) is 13.8. The average molecular weight is 237 g/mol.